The minimum atomic E-state index is -0.891. The first kappa shape index (κ1) is 17.0. The number of aromatic carboxylic acids is 1. The lowest BCUT2D eigenvalue weighted by atomic mass is 9.97. The fourth-order valence-electron chi connectivity index (χ4n) is 3.76. The van der Waals surface area contributed by atoms with Gasteiger partial charge in [-0.05, 0) is 49.4 Å². The number of benzene rings is 1. The lowest BCUT2D eigenvalue weighted by molar-refractivity contribution is -0.132. The third-order valence-electron chi connectivity index (χ3n) is 5.22. The van der Waals surface area contributed by atoms with Crippen molar-refractivity contribution in [1.82, 2.24) is 9.80 Å². The van der Waals surface area contributed by atoms with E-state index in [1.165, 1.54) is 18.4 Å². The SMILES string of the molecule is O=C(O)c1ccc([C@@H]2CCN(CC(=O)N3CCCCCC3)C2)cc1. The summed E-state index contributed by atoms with van der Waals surface area (Å²) in [6, 6.07) is 7.16. The second-order valence-electron chi connectivity index (χ2n) is 6.94. The number of carboxylic acid groups (broad SMARTS) is 1. The van der Waals surface area contributed by atoms with E-state index in [-0.39, 0.29) is 5.91 Å². The second-order valence-corrected chi connectivity index (χ2v) is 6.94. The normalized spacial score (nSPS) is 22.3. The first-order valence-electron chi connectivity index (χ1n) is 8.97. The summed E-state index contributed by atoms with van der Waals surface area (Å²) in [5.41, 5.74) is 1.50. The molecule has 2 aliphatic rings. The molecule has 0 saturated carbocycles. The molecule has 24 heavy (non-hydrogen) atoms. The molecule has 5 nitrogen and oxygen atoms in total. The van der Waals surface area contributed by atoms with E-state index in [1.54, 1.807) is 12.1 Å². The first-order chi connectivity index (χ1) is 11.6. The first-order valence-corrected chi connectivity index (χ1v) is 8.97. The number of carboxylic acids is 1. The Labute approximate surface area is 143 Å². The molecular formula is C19H26N2O3. The fourth-order valence-corrected chi connectivity index (χ4v) is 3.76. The minimum absolute atomic E-state index is 0.263. The average Bonchev–Trinajstić information content (AvgIpc) is 2.87. The van der Waals surface area contributed by atoms with E-state index in [9.17, 15) is 9.59 Å². The summed E-state index contributed by atoms with van der Waals surface area (Å²) in [6.07, 6.45) is 5.76. The number of carbonyl (C=O) groups is 2. The van der Waals surface area contributed by atoms with Gasteiger partial charge >= 0.3 is 5.97 Å². The molecule has 1 aromatic carbocycles. The zero-order valence-corrected chi connectivity index (χ0v) is 14.1. The van der Waals surface area contributed by atoms with Crippen LogP contribution in [0.1, 0.15) is 53.9 Å². The summed E-state index contributed by atoms with van der Waals surface area (Å²) in [5.74, 6) is -0.235. The Bertz CT molecular complexity index is 577. The van der Waals surface area contributed by atoms with E-state index < -0.39 is 5.97 Å². The molecule has 2 heterocycles. The molecule has 1 N–H and O–H groups in total. The summed E-state index contributed by atoms with van der Waals surface area (Å²) < 4.78 is 0. The van der Waals surface area contributed by atoms with Crippen molar-refractivity contribution < 1.29 is 14.7 Å². The summed E-state index contributed by atoms with van der Waals surface area (Å²) in [6.45, 7) is 4.15. The van der Waals surface area contributed by atoms with Gasteiger partial charge < -0.3 is 10.0 Å². The van der Waals surface area contributed by atoms with Gasteiger partial charge in [0, 0.05) is 19.6 Å². The van der Waals surface area contributed by atoms with Crippen molar-refractivity contribution in [2.75, 3.05) is 32.7 Å². The average molecular weight is 330 g/mol. The van der Waals surface area contributed by atoms with Crippen LogP contribution in [0.2, 0.25) is 0 Å². The summed E-state index contributed by atoms with van der Waals surface area (Å²) in [5, 5.41) is 8.98. The van der Waals surface area contributed by atoms with E-state index in [0.29, 0.717) is 18.0 Å². The molecule has 1 atom stereocenters. The van der Waals surface area contributed by atoms with Gasteiger partial charge in [0.1, 0.15) is 0 Å². The Morgan fingerprint density at radius 1 is 1.00 bits per heavy atom. The third-order valence-corrected chi connectivity index (χ3v) is 5.22. The van der Waals surface area contributed by atoms with Crippen LogP contribution in [0, 0.1) is 0 Å². The molecular weight excluding hydrogens is 304 g/mol. The lowest BCUT2D eigenvalue weighted by Crippen LogP contribution is -2.40. The van der Waals surface area contributed by atoms with Crippen LogP contribution in [-0.4, -0.2) is 59.5 Å². The summed E-state index contributed by atoms with van der Waals surface area (Å²) in [7, 11) is 0. The van der Waals surface area contributed by atoms with Gasteiger partial charge in [-0.1, -0.05) is 25.0 Å². The predicted octanol–water partition coefficient (Wildman–Crippen LogP) is 2.58. The van der Waals surface area contributed by atoms with E-state index in [1.807, 2.05) is 17.0 Å². The number of likely N-dealkylation sites (tertiary alicyclic amines) is 2. The van der Waals surface area contributed by atoms with Gasteiger partial charge in [0.2, 0.25) is 5.91 Å². The zero-order chi connectivity index (χ0) is 16.9. The highest BCUT2D eigenvalue weighted by Gasteiger charge is 2.27. The molecule has 0 aliphatic carbocycles. The molecule has 2 fully saturated rings. The molecule has 3 rings (SSSR count). The molecule has 0 spiro atoms. The number of amides is 1. The largest absolute Gasteiger partial charge is 0.478 e. The quantitative estimate of drug-likeness (QED) is 0.922. The maximum atomic E-state index is 12.5. The van der Waals surface area contributed by atoms with Crippen molar-refractivity contribution in [3.63, 3.8) is 0 Å². The number of nitrogens with zero attached hydrogens (tertiary/aromatic N) is 2. The highest BCUT2D eigenvalue weighted by Crippen LogP contribution is 2.27. The molecule has 2 aliphatic heterocycles. The molecule has 0 aromatic heterocycles. The van der Waals surface area contributed by atoms with Crippen LogP contribution in [-0.2, 0) is 4.79 Å². The Kier molecular flexibility index (Phi) is 5.51. The van der Waals surface area contributed by atoms with E-state index in [0.717, 1.165) is 45.4 Å². The van der Waals surface area contributed by atoms with Crippen molar-refractivity contribution >= 4 is 11.9 Å². The van der Waals surface area contributed by atoms with Gasteiger partial charge in [0.25, 0.3) is 0 Å². The Balaban J connectivity index is 1.53. The zero-order valence-electron chi connectivity index (χ0n) is 14.1. The molecule has 1 amide bonds. The smallest absolute Gasteiger partial charge is 0.335 e. The highest BCUT2D eigenvalue weighted by atomic mass is 16.4. The van der Waals surface area contributed by atoms with Crippen LogP contribution in [0.15, 0.2) is 24.3 Å². The highest BCUT2D eigenvalue weighted by molar-refractivity contribution is 5.87. The van der Waals surface area contributed by atoms with Crippen LogP contribution in [0.3, 0.4) is 0 Å². The molecule has 5 heteroatoms. The monoisotopic (exact) mass is 330 g/mol. The van der Waals surface area contributed by atoms with Crippen LogP contribution in [0.5, 0.6) is 0 Å². The van der Waals surface area contributed by atoms with Gasteiger partial charge in [0.15, 0.2) is 0 Å². The number of carbonyl (C=O) groups excluding carboxylic acids is 1. The van der Waals surface area contributed by atoms with Gasteiger partial charge in [-0.25, -0.2) is 4.79 Å². The summed E-state index contributed by atoms with van der Waals surface area (Å²) >= 11 is 0. The third kappa shape index (κ3) is 4.15. The topological polar surface area (TPSA) is 60.9 Å². The van der Waals surface area contributed by atoms with E-state index in [4.69, 9.17) is 5.11 Å². The molecule has 0 unspecified atom stereocenters. The maximum absolute atomic E-state index is 12.5. The Hall–Kier alpha value is -1.88. The molecule has 130 valence electrons. The van der Waals surface area contributed by atoms with Gasteiger partial charge in [-0.3, -0.25) is 9.69 Å². The summed E-state index contributed by atoms with van der Waals surface area (Å²) in [4.78, 5) is 27.7. The standard InChI is InChI=1S/C19H26N2O3/c22-18(21-10-3-1-2-4-11-21)14-20-12-9-17(13-20)15-5-7-16(8-6-15)19(23)24/h5-8,17H,1-4,9-14H2,(H,23,24)/t17-/m1/s1. The van der Waals surface area contributed by atoms with Crippen molar-refractivity contribution in [3.05, 3.63) is 35.4 Å². The van der Waals surface area contributed by atoms with E-state index >= 15 is 0 Å². The molecule has 1 aromatic rings. The predicted molar refractivity (Wildman–Crippen MR) is 92.2 cm³/mol. The van der Waals surface area contributed by atoms with Gasteiger partial charge in [-0.2, -0.15) is 0 Å². The molecule has 0 radical (unpaired) electrons. The lowest BCUT2D eigenvalue weighted by Gasteiger charge is -2.24. The van der Waals surface area contributed by atoms with Gasteiger partial charge in [-0.15, -0.1) is 0 Å². The Morgan fingerprint density at radius 3 is 2.29 bits per heavy atom. The second kappa shape index (κ2) is 7.79. The van der Waals surface area contributed by atoms with E-state index in [2.05, 4.69) is 4.90 Å². The maximum Gasteiger partial charge on any atom is 0.335 e. The minimum Gasteiger partial charge on any atom is -0.478 e. The van der Waals surface area contributed by atoms with Crippen LogP contribution in [0.25, 0.3) is 0 Å². The number of hydrogen-bond donors (Lipinski definition) is 1. The fraction of sp³-hybridized carbons (Fsp3) is 0.579. The van der Waals surface area contributed by atoms with Crippen molar-refractivity contribution in [3.8, 4) is 0 Å². The number of hydrogen-bond acceptors (Lipinski definition) is 3. The van der Waals surface area contributed by atoms with Crippen LogP contribution in [0.4, 0.5) is 0 Å². The molecule has 0 bridgehead atoms. The van der Waals surface area contributed by atoms with Crippen LogP contribution >= 0.6 is 0 Å². The number of rotatable bonds is 4. The Morgan fingerprint density at radius 2 is 1.67 bits per heavy atom. The molecule has 2 saturated heterocycles. The van der Waals surface area contributed by atoms with Crippen molar-refractivity contribution in [2.45, 2.75) is 38.0 Å². The van der Waals surface area contributed by atoms with Crippen LogP contribution < -0.4 is 0 Å². The van der Waals surface area contributed by atoms with Crippen molar-refractivity contribution in [1.29, 1.82) is 0 Å². The van der Waals surface area contributed by atoms with Crippen molar-refractivity contribution in [2.24, 2.45) is 0 Å². The van der Waals surface area contributed by atoms with Gasteiger partial charge in [0.05, 0.1) is 12.1 Å².